The third-order valence-corrected chi connectivity index (χ3v) is 3.97. The molecule has 0 amide bonds. The Balaban J connectivity index is 1.90. The molecular formula is C11H17N3S. The standard InChI is InChI=1S/C11H17N3S/c1-8-5-13-11(4-10(8)12)14-6-9-2-3-15-7-9/h4-5,9H,2-3,6-7H2,1H3,(H3,12,13,14). The van der Waals surface area contributed by atoms with E-state index in [-0.39, 0.29) is 0 Å². The molecule has 0 bridgehead atoms. The smallest absolute Gasteiger partial charge is 0.127 e. The highest BCUT2D eigenvalue weighted by atomic mass is 32.2. The third-order valence-electron chi connectivity index (χ3n) is 2.74. The van der Waals surface area contributed by atoms with Crippen LogP contribution in [-0.4, -0.2) is 23.0 Å². The molecule has 3 nitrogen and oxygen atoms in total. The molecular weight excluding hydrogens is 206 g/mol. The maximum absolute atomic E-state index is 5.82. The minimum Gasteiger partial charge on any atom is -0.398 e. The third kappa shape index (κ3) is 2.78. The molecule has 4 heteroatoms. The van der Waals surface area contributed by atoms with E-state index in [1.54, 1.807) is 0 Å². The van der Waals surface area contributed by atoms with Gasteiger partial charge >= 0.3 is 0 Å². The highest BCUT2D eigenvalue weighted by Gasteiger charge is 2.14. The fourth-order valence-electron chi connectivity index (χ4n) is 1.63. The second-order valence-electron chi connectivity index (χ2n) is 4.04. The fourth-order valence-corrected chi connectivity index (χ4v) is 2.91. The van der Waals surface area contributed by atoms with Gasteiger partial charge in [-0.25, -0.2) is 4.98 Å². The first-order chi connectivity index (χ1) is 7.25. The van der Waals surface area contributed by atoms with Crippen LogP contribution < -0.4 is 11.1 Å². The predicted molar refractivity (Wildman–Crippen MR) is 67.3 cm³/mol. The van der Waals surface area contributed by atoms with Crippen molar-refractivity contribution >= 4 is 23.3 Å². The van der Waals surface area contributed by atoms with Gasteiger partial charge in [-0.05, 0) is 36.3 Å². The van der Waals surface area contributed by atoms with Crippen molar-refractivity contribution in [2.75, 3.05) is 29.1 Å². The number of nitrogen functional groups attached to an aromatic ring is 1. The lowest BCUT2D eigenvalue weighted by Crippen LogP contribution is -2.14. The lowest BCUT2D eigenvalue weighted by Gasteiger charge is -2.11. The molecule has 0 aliphatic carbocycles. The summed E-state index contributed by atoms with van der Waals surface area (Å²) in [5.41, 5.74) is 7.67. The minimum atomic E-state index is 0.791. The first-order valence-electron chi connectivity index (χ1n) is 5.29. The molecule has 1 aromatic rings. The maximum atomic E-state index is 5.82. The van der Waals surface area contributed by atoms with Crippen LogP contribution >= 0.6 is 11.8 Å². The first kappa shape index (κ1) is 10.6. The van der Waals surface area contributed by atoms with E-state index in [4.69, 9.17) is 5.73 Å². The van der Waals surface area contributed by atoms with Gasteiger partial charge in [0.05, 0.1) is 0 Å². The van der Waals surface area contributed by atoms with Crippen LogP contribution in [-0.2, 0) is 0 Å². The molecule has 0 aromatic carbocycles. The number of nitrogens with two attached hydrogens (primary N) is 1. The van der Waals surface area contributed by atoms with Crippen molar-refractivity contribution < 1.29 is 0 Å². The normalized spacial score (nSPS) is 20.5. The summed E-state index contributed by atoms with van der Waals surface area (Å²) in [5, 5.41) is 3.35. The number of pyridine rings is 1. The topological polar surface area (TPSA) is 50.9 Å². The van der Waals surface area contributed by atoms with Crippen molar-refractivity contribution in [2.24, 2.45) is 5.92 Å². The summed E-state index contributed by atoms with van der Waals surface area (Å²) in [5.74, 6) is 4.26. The molecule has 2 rings (SSSR count). The van der Waals surface area contributed by atoms with Crippen molar-refractivity contribution in [2.45, 2.75) is 13.3 Å². The van der Waals surface area contributed by atoms with E-state index in [9.17, 15) is 0 Å². The molecule has 1 saturated heterocycles. The molecule has 82 valence electrons. The lowest BCUT2D eigenvalue weighted by atomic mass is 10.1. The number of nitrogens with zero attached hydrogens (tertiary/aromatic N) is 1. The van der Waals surface area contributed by atoms with Gasteiger partial charge in [0.25, 0.3) is 0 Å². The van der Waals surface area contributed by atoms with E-state index in [1.807, 2.05) is 30.9 Å². The first-order valence-corrected chi connectivity index (χ1v) is 6.45. The molecule has 0 saturated carbocycles. The number of rotatable bonds is 3. The summed E-state index contributed by atoms with van der Waals surface area (Å²) in [4.78, 5) is 4.30. The second kappa shape index (κ2) is 4.75. The van der Waals surface area contributed by atoms with Crippen molar-refractivity contribution in [3.8, 4) is 0 Å². The van der Waals surface area contributed by atoms with Gasteiger partial charge in [-0.1, -0.05) is 0 Å². The average molecular weight is 223 g/mol. The van der Waals surface area contributed by atoms with Gasteiger partial charge in [0.1, 0.15) is 5.82 Å². The quantitative estimate of drug-likeness (QED) is 0.824. The Morgan fingerprint density at radius 2 is 2.53 bits per heavy atom. The van der Waals surface area contributed by atoms with E-state index in [0.717, 1.165) is 29.5 Å². The summed E-state index contributed by atoms with van der Waals surface area (Å²) in [6, 6.07) is 1.91. The van der Waals surface area contributed by atoms with Crippen LogP contribution in [0.25, 0.3) is 0 Å². The Kier molecular flexibility index (Phi) is 3.36. The monoisotopic (exact) mass is 223 g/mol. The van der Waals surface area contributed by atoms with E-state index in [1.165, 1.54) is 17.9 Å². The number of nitrogens with one attached hydrogen (secondary N) is 1. The summed E-state index contributed by atoms with van der Waals surface area (Å²) in [6.45, 7) is 2.99. The zero-order valence-electron chi connectivity index (χ0n) is 8.99. The summed E-state index contributed by atoms with van der Waals surface area (Å²) < 4.78 is 0. The van der Waals surface area contributed by atoms with E-state index >= 15 is 0 Å². The van der Waals surface area contributed by atoms with Gasteiger partial charge in [-0.2, -0.15) is 11.8 Å². The summed E-state index contributed by atoms with van der Waals surface area (Å²) >= 11 is 2.04. The van der Waals surface area contributed by atoms with Crippen molar-refractivity contribution in [3.05, 3.63) is 17.8 Å². The van der Waals surface area contributed by atoms with Crippen molar-refractivity contribution in [1.29, 1.82) is 0 Å². The molecule has 1 fully saturated rings. The predicted octanol–water partition coefficient (Wildman–Crippen LogP) is 2.14. The number of hydrogen-bond donors (Lipinski definition) is 2. The SMILES string of the molecule is Cc1cnc(NCC2CCSC2)cc1N. The van der Waals surface area contributed by atoms with Crippen LogP contribution in [0.3, 0.4) is 0 Å². The maximum Gasteiger partial charge on any atom is 0.127 e. The minimum absolute atomic E-state index is 0.791. The largest absolute Gasteiger partial charge is 0.398 e. The molecule has 0 spiro atoms. The lowest BCUT2D eigenvalue weighted by molar-refractivity contribution is 0.630. The van der Waals surface area contributed by atoms with Crippen LogP contribution in [0.4, 0.5) is 11.5 Å². The zero-order valence-corrected chi connectivity index (χ0v) is 9.81. The van der Waals surface area contributed by atoms with Crippen LogP contribution in [0, 0.1) is 12.8 Å². The van der Waals surface area contributed by atoms with Gasteiger partial charge in [-0.3, -0.25) is 0 Å². The van der Waals surface area contributed by atoms with Gasteiger partial charge in [0.15, 0.2) is 0 Å². The van der Waals surface area contributed by atoms with E-state index in [0.29, 0.717) is 0 Å². The number of aromatic nitrogens is 1. The summed E-state index contributed by atoms with van der Waals surface area (Å²) in [6.07, 6.45) is 3.14. The highest BCUT2D eigenvalue weighted by Crippen LogP contribution is 2.23. The van der Waals surface area contributed by atoms with Gasteiger partial charge in [-0.15, -0.1) is 0 Å². The molecule has 1 atom stereocenters. The molecule has 2 heterocycles. The fraction of sp³-hybridized carbons (Fsp3) is 0.545. The Morgan fingerprint density at radius 1 is 1.67 bits per heavy atom. The van der Waals surface area contributed by atoms with Crippen LogP contribution in [0.15, 0.2) is 12.3 Å². The van der Waals surface area contributed by atoms with E-state index < -0.39 is 0 Å². The van der Waals surface area contributed by atoms with Crippen molar-refractivity contribution in [3.63, 3.8) is 0 Å². The van der Waals surface area contributed by atoms with Gasteiger partial charge < -0.3 is 11.1 Å². The number of hydrogen-bond acceptors (Lipinski definition) is 4. The number of anilines is 2. The molecule has 0 radical (unpaired) electrons. The van der Waals surface area contributed by atoms with Crippen LogP contribution in [0.1, 0.15) is 12.0 Å². The Labute approximate surface area is 94.8 Å². The highest BCUT2D eigenvalue weighted by molar-refractivity contribution is 7.99. The second-order valence-corrected chi connectivity index (χ2v) is 5.19. The molecule has 1 aliphatic heterocycles. The Bertz CT molecular complexity index is 335. The molecule has 1 aliphatic rings. The Hall–Kier alpha value is -0.900. The zero-order chi connectivity index (χ0) is 10.7. The molecule has 1 aromatic heterocycles. The van der Waals surface area contributed by atoms with E-state index in [2.05, 4.69) is 10.3 Å². The molecule has 1 unspecified atom stereocenters. The summed E-state index contributed by atoms with van der Waals surface area (Å²) in [7, 11) is 0. The van der Waals surface area contributed by atoms with Crippen LogP contribution in [0.2, 0.25) is 0 Å². The molecule has 15 heavy (non-hydrogen) atoms. The van der Waals surface area contributed by atoms with Gasteiger partial charge in [0.2, 0.25) is 0 Å². The molecule has 3 N–H and O–H groups in total. The Morgan fingerprint density at radius 3 is 3.20 bits per heavy atom. The number of thioether (sulfide) groups is 1. The van der Waals surface area contributed by atoms with Gasteiger partial charge in [0, 0.05) is 24.5 Å². The number of aryl methyl sites for hydroxylation is 1. The average Bonchev–Trinajstić information content (AvgIpc) is 2.73. The van der Waals surface area contributed by atoms with Crippen molar-refractivity contribution in [1.82, 2.24) is 4.98 Å². The van der Waals surface area contributed by atoms with Crippen LogP contribution in [0.5, 0.6) is 0 Å².